The van der Waals surface area contributed by atoms with Crippen molar-refractivity contribution in [1.29, 1.82) is 0 Å². The van der Waals surface area contributed by atoms with Gasteiger partial charge in [-0.3, -0.25) is 4.79 Å². The number of piperidine rings is 1. The number of carbonyl (C=O) groups excluding carboxylic acids is 1. The number of likely N-dealkylation sites (tertiary alicyclic amines) is 1. The van der Waals surface area contributed by atoms with E-state index in [0.29, 0.717) is 22.3 Å². The Morgan fingerprint density at radius 2 is 2.12 bits per heavy atom. The summed E-state index contributed by atoms with van der Waals surface area (Å²) >= 11 is 1.30. The minimum atomic E-state index is -0.607. The van der Waals surface area contributed by atoms with Gasteiger partial charge in [0, 0.05) is 13.1 Å². The lowest BCUT2D eigenvalue weighted by Gasteiger charge is -2.39. The van der Waals surface area contributed by atoms with Gasteiger partial charge in [-0.25, -0.2) is 4.39 Å². The molecule has 0 bridgehead atoms. The van der Waals surface area contributed by atoms with Crippen molar-refractivity contribution in [3.8, 4) is 0 Å². The summed E-state index contributed by atoms with van der Waals surface area (Å²) in [5, 5.41) is 0.698. The van der Waals surface area contributed by atoms with E-state index in [1.807, 2.05) is 6.07 Å². The number of ether oxygens (including phenoxy) is 1. The van der Waals surface area contributed by atoms with Gasteiger partial charge in [-0.1, -0.05) is 24.3 Å². The third-order valence-corrected chi connectivity index (χ3v) is 6.29. The van der Waals surface area contributed by atoms with Crippen LogP contribution in [0, 0.1) is 0 Å². The van der Waals surface area contributed by atoms with Crippen molar-refractivity contribution in [2.75, 3.05) is 19.8 Å². The molecule has 0 aromatic heterocycles. The minimum absolute atomic E-state index is 0.200. The van der Waals surface area contributed by atoms with Crippen LogP contribution in [0.5, 0.6) is 0 Å². The zero-order valence-electron chi connectivity index (χ0n) is 13.5. The molecule has 0 aliphatic carbocycles. The van der Waals surface area contributed by atoms with E-state index in [9.17, 15) is 9.18 Å². The molecule has 1 amide bonds. The van der Waals surface area contributed by atoms with Crippen molar-refractivity contribution in [2.24, 2.45) is 4.99 Å². The second-order valence-corrected chi connectivity index (χ2v) is 7.45. The molecule has 1 fully saturated rings. The van der Waals surface area contributed by atoms with Crippen molar-refractivity contribution >= 4 is 22.8 Å². The molecule has 126 valence electrons. The fraction of sp³-hybridized carbons (Fsp3) is 0.444. The molecule has 0 atom stereocenters. The molecule has 1 spiro atoms. The van der Waals surface area contributed by atoms with Crippen LogP contribution in [0.25, 0.3) is 0 Å². The van der Waals surface area contributed by atoms with Gasteiger partial charge in [0.1, 0.15) is 6.67 Å². The van der Waals surface area contributed by atoms with Gasteiger partial charge in [0.05, 0.1) is 17.1 Å². The molecule has 1 aromatic rings. The quantitative estimate of drug-likeness (QED) is 0.731. The zero-order valence-corrected chi connectivity index (χ0v) is 14.4. The van der Waals surface area contributed by atoms with Gasteiger partial charge < -0.3 is 9.64 Å². The number of amides is 1. The Morgan fingerprint density at radius 3 is 2.88 bits per heavy atom. The van der Waals surface area contributed by atoms with E-state index in [0.717, 1.165) is 25.9 Å². The number of fused-ring (bicyclic) bond motifs is 2. The third-order valence-electron chi connectivity index (χ3n) is 5.03. The molecule has 3 aliphatic heterocycles. The summed E-state index contributed by atoms with van der Waals surface area (Å²) in [6.45, 7) is 3.29. The van der Waals surface area contributed by atoms with E-state index in [4.69, 9.17) is 4.74 Å². The van der Waals surface area contributed by atoms with Crippen LogP contribution < -0.4 is 0 Å². The molecule has 1 aromatic carbocycles. The minimum Gasteiger partial charge on any atom is -0.365 e. The van der Waals surface area contributed by atoms with Gasteiger partial charge in [-0.05, 0) is 48.2 Å². The molecule has 24 heavy (non-hydrogen) atoms. The molecule has 6 heteroatoms. The van der Waals surface area contributed by atoms with Crippen molar-refractivity contribution < 1.29 is 13.9 Å². The Balaban J connectivity index is 1.49. The fourth-order valence-corrected chi connectivity index (χ4v) is 4.60. The molecule has 0 saturated carbocycles. The average Bonchev–Trinajstić information content (AvgIpc) is 3.17. The Labute approximate surface area is 144 Å². The Kier molecular flexibility index (Phi) is 3.96. The summed E-state index contributed by atoms with van der Waals surface area (Å²) in [6.07, 6.45) is 1.75. The first-order chi connectivity index (χ1) is 11.6. The second kappa shape index (κ2) is 6.01. The first kappa shape index (κ1) is 15.8. The largest absolute Gasteiger partial charge is 0.365 e. The molecule has 4 rings (SSSR count). The van der Waals surface area contributed by atoms with Gasteiger partial charge in [0.25, 0.3) is 5.91 Å². The first-order valence-electron chi connectivity index (χ1n) is 8.17. The highest BCUT2D eigenvalue weighted by Gasteiger charge is 2.43. The Hall–Kier alpha value is -1.66. The second-order valence-electron chi connectivity index (χ2n) is 6.47. The van der Waals surface area contributed by atoms with Crippen molar-refractivity contribution in [1.82, 2.24) is 4.90 Å². The molecule has 3 heterocycles. The summed E-state index contributed by atoms with van der Waals surface area (Å²) in [4.78, 5) is 18.6. The van der Waals surface area contributed by atoms with Gasteiger partial charge in [-0.2, -0.15) is 4.99 Å². The molecule has 0 unspecified atom stereocenters. The van der Waals surface area contributed by atoms with E-state index in [1.54, 1.807) is 6.92 Å². The number of aliphatic imine (C=N–C) groups is 1. The van der Waals surface area contributed by atoms with Crippen LogP contribution in [-0.2, 0) is 21.7 Å². The van der Waals surface area contributed by atoms with Gasteiger partial charge in [0.15, 0.2) is 5.17 Å². The highest BCUT2D eigenvalue weighted by atomic mass is 32.2. The fourth-order valence-electron chi connectivity index (χ4n) is 3.62. The van der Waals surface area contributed by atoms with Crippen LogP contribution in [0.1, 0.15) is 30.9 Å². The lowest BCUT2D eigenvalue weighted by molar-refractivity contribution is -0.113. The van der Waals surface area contributed by atoms with Crippen molar-refractivity contribution in [3.63, 3.8) is 0 Å². The number of amidine groups is 1. The lowest BCUT2D eigenvalue weighted by Crippen LogP contribution is -2.44. The highest BCUT2D eigenvalue weighted by Crippen LogP contribution is 2.45. The number of nitrogens with zero attached hydrogens (tertiary/aromatic N) is 2. The van der Waals surface area contributed by atoms with Crippen LogP contribution in [0.15, 0.2) is 39.7 Å². The van der Waals surface area contributed by atoms with Crippen LogP contribution in [0.4, 0.5) is 4.39 Å². The number of hydrogen-bond acceptors (Lipinski definition) is 4. The molecule has 1 saturated heterocycles. The van der Waals surface area contributed by atoms with Gasteiger partial charge >= 0.3 is 0 Å². The lowest BCUT2D eigenvalue weighted by atomic mass is 9.84. The number of thioether (sulfide) groups is 1. The number of carbonyl (C=O) groups is 1. The van der Waals surface area contributed by atoms with Crippen molar-refractivity contribution in [3.05, 3.63) is 45.9 Å². The SMILES string of the molecule is C/C(CF)=C1/SC(N2CCC3(CC2)OCc2ccccc23)=NC1=O. The number of rotatable bonds is 1. The molecule has 0 radical (unpaired) electrons. The van der Waals surface area contributed by atoms with E-state index in [1.165, 1.54) is 22.9 Å². The predicted molar refractivity (Wildman–Crippen MR) is 92.4 cm³/mol. The molecule has 0 N–H and O–H groups in total. The zero-order chi connectivity index (χ0) is 16.7. The number of allylic oxidation sites excluding steroid dienone is 1. The van der Waals surface area contributed by atoms with Crippen molar-refractivity contribution in [2.45, 2.75) is 32.0 Å². The van der Waals surface area contributed by atoms with E-state index in [2.05, 4.69) is 28.1 Å². The van der Waals surface area contributed by atoms with Crippen LogP contribution in [-0.4, -0.2) is 35.7 Å². The van der Waals surface area contributed by atoms with Crippen LogP contribution in [0.3, 0.4) is 0 Å². The molecular formula is C18H19FN2O2S. The topological polar surface area (TPSA) is 41.9 Å². The highest BCUT2D eigenvalue weighted by molar-refractivity contribution is 8.18. The smallest absolute Gasteiger partial charge is 0.286 e. The first-order valence-corrected chi connectivity index (χ1v) is 8.98. The number of benzene rings is 1. The molecule has 3 aliphatic rings. The predicted octanol–water partition coefficient (Wildman–Crippen LogP) is 3.38. The Bertz CT molecular complexity index is 751. The standard InChI is InChI=1S/C18H19FN2O2S/c1-12(10-19)15-16(22)20-17(24-15)21-8-6-18(7-9-21)14-5-3-2-4-13(14)11-23-18/h2-5H,6-11H2,1H3/b15-12-. The maximum Gasteiger partial charge on any atom is 0.286 e. The monoisotopic (exact) mass is 346 g/mol. The number of hydrogen-bond donors (Lipinski definition) is 0. The van der Waals surface area contributed by atoms with Crippen LogP contribution in [0.2, 0.25) is 0 Å². The summed E-state index contributed by atoms with van der Waals surface area (Å²) in [6, 6.07) is 8.40. The number of alkyl halides is 1. The van der Waals surface area contributed by atoms with Gasteiger partial charge in [-0.15, -0.1) is 0 Å². The third kappa shape index (κ3) is 2.48. The summed E-state index contributed by atoms with van der Waals surface area (Å²) in [7, 11) is 0. The number of halogens is 1. The maximum atomic E-state index is 12.8. The molecule has 4 nitrogen and oxygen atoms in total. The summed E-state index contributed by atoms with van der Waals surface area (Å²) in [5.41, 5.74) is 2.84. The van der Waals surface area contributed by atoms with Crippen LogP contribution >= 0.6 is 11.8 Å². The van der Waals surface area contributed by atoms with E-state index in [-0.39, 0.29) is 11.5 Å². The average molecular weight is 346 g/mol. The normalized spacial score (nSPS) is 24.3. The Morgan fingerprint density at radius 1 is 1.38 bits per heavy atom. The summed E-state index contributed by atoms with van der Waals surface area (Å²) < 4.78 is 19.0. The van der Waals surface area contributed by atoms with Gasteiger partial charge in [0.2, 0.25) is 0 Å². The van der Waals surface area contributed by atoms with E-state index < -0.39 is 6.67 Å². The van der Waals surface area contributed by atoms with E-state index >= 15 is 0 Å². The molecular weight excluding hydrogens is 327 g/mol. The maximum absolute atomic E-state index is 12.8. The summed E-state index contributed by atoms with van der Waals surface area (Å²) in [5.74, 6) is -0.312.